The summed E-state index contributed by atoms with van der Waals surface area (Å²) in [7, 11) is 0. The predicted molar refractivity (Wildman–Crippen MR) is 70.9 cm³/mol. The minimum atomic E-state index is -0.455. The van der Waals surface area contributed by atoms with Crippen molar-refractivity contribution in [1.82, 2.24) is 5.32 Å². The lowest BCUT2D eigenvalue weighted by Crippen LogP contribution is -2.39. The van der Waals surface area contributed by atoms with E-state index in [9.17, 15) is 9.59 Å². The first-order chi connectivity index (χ1) is 8.52. The molecule has 0 saturated carbocycles. The van der Waals surface area contributed by atoms with Gasteiger partial charge in [-0.3, -0.25) is 9.59 Å². The zero-order valence-corrected chi connectivity index (χ0v) is 10.7. The van der Waals surface area contributed by atoms with E-state index >= 15 is 0 Å². The molecule has 0 spiro atoms. The van der Waals surface area contributed by atoms with Crippen LogP contribution in [-0.2, 0) is 16.1 Å². The molecule has 5 heteroatoms. The van der Waals surface area contributed by atoms with Gasteiger partial charge in [-0.05, 0) is 24.1 Å². The highest BCUT2D eigenvalue weighted by atomic mass is 16.2. The van der Waals surface area contributed by atoms with E-state index in [0.29, 0.717) is 13.0 Å². The highest BCUT2D eigenvalue weighted by Gasteiger charge is 2.09. The van der Waals surface area contributed by atoms with Gasteiger partial charge < -0.3 is 16.4 Å². The fourth-order valence-corrected chi connectivity index (χ4v) is 1.41. The third-order valence-corrected chi connectivity index (χ3v) is 2.52. The van der Waals surface area contributed by atoms with Gasteiger partial charge in [0.2, 0.25) is 11.8 Å². The normalized spacial score (nSPS) is 11.7. The highest BCUT2D eigenvalue weighted by molar-refractivity contribution is 5.88. The van der Waals surface area contributed by atoms with Crippen molar-refractivity contribution in [1.29, 1.82) is 0 Å². The van der Waals surface area contributed by atoms with Gasteiger partial charge in [0, 0.05) is 19.2 Å². The number of anilines is 1. The number of amides is 2. The molecule has 98 valence electrons. The summed E-state index contributed by atoms with van der Waals surface area (Å²) in [6.45, 7) is 3.76. The van der Waals surface area contributed by atoms with Gasteiger partial charge in [-0.1, -0.05) is 19.1 Å². The summed E-state index contributed by atoms with van der Waals surface area (Å²) in [4.78, 5) is 22.3. The van der Waals surface area contributed by atoms with Gasteiger partial charge in [0.1, 0.15) is 0 Å². The topological polar surface area (TPSA) is 84.2 Å². The van der Waals surface area contributed by atoms with Crippen molar-refractivity contribution in [3.8, 4) is 0 Å². The first-order valence-corrected chi connectivity index (χ1v) is 5.92. The van der Waals surface area contributed by atoms with Crippen LogP contribution in [0, 0.1) is 0 Å². The maximum atomic E-state index is 11.5. The second-order valence-electron chi connectivity index (χ2n) is 4.11. The molecule has 0 aliphatic rings. The minimum Gasteiger partial charge on any atom is -0.351 e. The van der Waals surface area contributed by atoms with Gasteiger partial charge in [-0.25, -0.2) is 0 Å². The molecule has 2 amide bonds. The van der Waals surface area contributed by atoms with E-state index in [1.54, 1.807) is 12.1 Å². The lowest BCUT2D eigenvalue weighted by molar-refractivity contribution is -0.122. The standard InChI is InChI=1S/C13H19N3O2/c1-3-12(14)13(18)15-8-10-4-6-11(7-5-10)16-9(2)17/h4-7,12H,3,8,14H2,1-2H3,(H,15,18)(H,16,17)/t12-/m1/s1. The van der Waals surface area contributed by atoms with Crippen LogP contribution in [-0.4, -0.2) is 17.9 Å². The summed E-state index contributed by atoms with van der Waals surface area (Å²) >= 11 is 0. The molecule has 0 aliphatic carbocycles. The molecule has 0 saturated heterocycles. The van der Waals surface area contributed by atoms with Crippen LogP contribution in [0.2, 0.25) is 0 Å². The zero-order valence-electron chi connectivity index (χ0n) is 10.7. The number of rotatable bonds is 5. The fraction of sp³-hybridized carbons (Fsp3) is 0.385. The van der Waals surface area contributed by atoms with Crippen LogP contribution >= 0.6 is 0 Å². The number of carbonyl (C=O) groups is 2. The fourth-order valence-electron chi connectivity index (χ4n) is 1.41. The van der Waals surface area contributed by atoms with E-state index < -0.39 is 6.04 Å². The number of carbonyl (C=O) groups excluding carboxylic acids is 2. The van der Waals surface area contributed by atoms with E-state index in [1.807, 2.05) is 19.1 Å². The van der Waals surface area contributed by atoms with Gasteiger partial charge >= 0.3 is 0 Å². The SMILES string of the molecule is CC[C@@H](N)C(=O)NCc1ccc(NC(C)=O)cc1. The third kappa shape index (κ3) is 4.55. The number of hydrogen-bond acceptors (Lipinski definition) is 3. The van der Waals surface area contributed by atoms with Crippen LogP contribution in [0.5, 0.6) is 0 Å². The Morgan fingerprint density at radius 1 is 1.28 bits per heavy atom. The van der Waals surface area contributed by atoms with Crippen LogP contribution < -0.4 is 16.4 Å². The molecule has 0 heterocycles. The van der Waals surface area contributed by atoms with E-state index in [2.05, 4.69) is 10.6 Å². The van der Waals surface area contributed by atoms with Gasteiger partial charge in [0.25, 0.3) is 0 Å². The Balaban J connectivity index is 2.49. The van der Waals surface area contributed by atoms with Crippen molar-refractivity contribution in [2.24, 2.45) is 5.73 Å². The molecular formula is C13H19N3O2. The lowest BCUT2D eigenvalue weighted by Gasteiger charge is -2.10. The Labute approximate surface area is 107 Å². The molecule has 1 aromatic carbocycles. The first kappa shape index (κ1) is 14.2. The largest absolute Gasteiger partial charge is 0.351 e. The van der Waals surface area contributed by atoms with E-state index in [-0.39, 0.29) is 11.8 Å². The van der Waals surface area contributed by atoms with Crippen LogP contribution in [0.15, 0.2) is 24.3 Å². The molecule has 1 rings (SSSR count). The summed E-state index contributed by atoms with van der Waals surface area (Å²) in [6.07, 6.45) is 0.618. The average molecular weight is 249 g/mol. The average Bonchev–Trinajstić information content (AvgIpc) is 2.36. The van der Waals surface area contributed by atoms with Crippen molar-refractivity contribution in [2.75, 3.05) is 5.32 Å². The van der Waals surface area contributed by atoms with E-state index in [0.717, 1.165) is 11.3 Å². The predicted octanol–water partition coefficient (Wildman–Crippen LogP) is 0.998. The molecule has 0 radical (unpaired) electrons. The maximum Gasteiger partial charge on any atom is 0.237 e. The smallest absolute Gasteiger partial charge is 0.237 e. The molecule has 18 heavy (non-hydrogen) atoms. The van der Waals surface area contributed by atoms with Gasteiger partial charge in [-0.2, -0.15) is 0 Å². The highest BCUT2D eigenvalue weighted by Crippen LogP contribution is 2.09. The number of hydrogen-bond donors (Lipinski definition) is 3. The molecule has 0 aliphatic heterocycles. The van der Waals surface area contributed by atoms with Crippen LogP contribution in [0.4, 0.5) is 5.69 Å². The molecular weight excluding hydrogens is 230 g/mol. The third-order valence-electron chi connectivity index (χ3n) is 2.52. The van der Waals surface area contributed by atoms with Gasteiger partial charge in [0.05, 0.1) is 6.04 Å². The molecule has 1 atom stereocenters. The van der Waals surface area contributed by atoms with E-state index in [4.69, 9.17) is 5.73 Å². The lowest BCUT2D eigenvalue weighted by atomic mass is 10.2. The molecule has 4 N–H and O–H groups in total. The quantitative estimate of drug-likeness (QED) is 0.727. The van der Waals surface area contributed by atoms with Crippen molar-refractivity contribution >= 4 is 17.5 Å². The van der Waals surface area contributed by atoms with Gasteiger partial charge in [0.15, 0.2) is 0 Å². The zero-order chi connectivity index (χ0) is 13.5. The second kappa shape index (κ2) is 6.76. The molecule has 0 unspecified atom stereocenters. The molecule has 0 aromatic heterocycles. The summed E-state index contributed by atoms with van der Waals surface area (Å²) in [5, 5.41) is 5.44. The van der Waals surface area contributed by atoms with E-state index in [1.165, 1.54) is 6.92 Å². The molecule has 0 fully saturated rings. The summed E-state index contributed by atoms with van der Waals surface area (Å²) in [5.74, 6) is -0.256. The van der Waals surface area contributed by atoms with Crippen molar-refractivity contribution in [3.05, 3.63) is 29.8 Å². The Kier molecular flexibility index (Phi) is 5.32. The van der Waals surface area contributed by atoms with Crippen molar-refractivity contribution in [3.63, 3.8) is 0 Å². The molecule has 0 bridgehead atoms. The van der Waals surface area contributed by atoms with Crippen molar-refractivity contribution < 1.29 is 9.59 Å². The second-order valence-corrected chi connectivity index (χ2v) is 4.11. The monoisotopic (exact) mass is 249 g/mol. The number of nitrogens with one attached hydrogen (secondary N) is 2. The van der Waals surface area contributed by atoms with Crippen LogP contribution in [0.25, 0.3) is 0 Å². The summed E-state index contributed by atoms with van der Waals surface area (Å²) in [6, 6.07) is 6.83. The van der Waals surface area contributed by atoms with Crippen LogP contribution in [0.1, 0.15) is 25.8 Å². The number of nitrogens with two attached hydrogens (primary N) is 1. The van der Waals surface area contributed by atoms with Crippen LogP contribution in [0.3, 0.4) is 0 Å². The summed E-state index contributed by atoms with van der Waals surface area (Å²) in [5.41, 5.74) is 7.30. The summed E-state index contributed by atoms with van der Waals surface area (Å²) < 4.78 is 0. The molecule has 1 aromatic rings. The minimum absolute atomic E-state index is 0.107. The van der Waals surface area contributed by atoms with Crippen molar-refractivity contribution in [2.45, 2.75) is 32.9 Å². The maximum absolute atomic E-state index is 11.5. The Bertz CT molecular complexity index is 415. The Morgan fingerprint density at radius 3 is 2.39 bits per heavy atom. The number of benzene rings is 1. The molecule has 5 nitrogen and oxygen atoms in total. The Hall–Kier alpha value is -1.88. The van der Waals surface area contributed by atoms with Gasteiger partial charge in [-0.15, -0.1) is 0 Å². The Morgan fingerprint density at radius 2 is 1.89 bits per heavy atom. The first-order valence-electron chi connectivity index (χ1n) is 5.92.